The van der Waals surface area contributed by atoms with Gasteiger partial charge in [-0.25, -0.2) is 4.98 Å². The van der Waals surface area contributed by atoms with Crippen LogP contribution in [0.25, 0.3) is 0 Å². The Kier molecular flexibility index (Phi) is 2.09. The van der Waals surface area contributed by atoms with Crippen molar-refractivity contribution >= 4 is 17.1 Å². The summed E-state index contributed by atoms with van der Waals surface area (Å²) in [6.07, 6.45) is 1.66. The van der Waals surface area contributed by atoms with E-state index >= 15 is 0 Å². The standard InChI is InChI=1S/C8H11NOS/c1-8(2,3)6(10)7-9-4-5-11-7/h4-5H,1-3H3. The van der Waals surface area contributed by atoms with E-state index in [9.17, 15) is 4.79 Å². The monoisotopic (exact) mass is 169 g/mol. The zero-order valence-corrected chi connectivity index (χ0v) is 7.73. The van der Waals surface area contributed by atoms with E-state index in [1.807, 2.05) is 26.2 Å². The largest absolute Gasteiger partial charge is 0.291 e. The third-order valence-electron chi connectivity index (χ3n) is 1.31. The molecule has 1 heterocycles. The second kappa shape index (κ2) is 2.74. The summed E-state index contributed by atoms with van der Waals surface area (Å²) in [5.41, 5.74) is -0.308. The summed E-state index contributed by atoms with van der Waals surface area (Å²) in [6.45, 7) is 5.70. The molecule has 1 aromatic rings. The number of thiazole rings is 1. The molecule has 0 spiro atoms. The predicted molar refractivity (Wildman–Crippen MR) is 45.9 cm³/mol. The molecule has 0 saturated heterocycles. The molecule has 0 radical (unpaired) electrons. The highest BCUT2D eigenvalue weighted by Gasteiger charge is 2.24. The number of hydrogen-bond donors (Lipinski definition) is 0. The summed E-state index contributed by atoms with van der Waals surface area (Å²) in [4.78, 5) is 15.4. The average molecular weight is 169 g/mol. The van der Waals surface area contributed by atoms with Crippen molar-refractivity contribution in [2.75, 3.05) is 0 Å². The Bertz CT molecular complexity index is 246. The van der Waals surface area contributed by atoms with Crippen molar-refractivity contribution < 1.29 is 4.79 Å². The maximum Gasteiger partial charge on any atom is 0.196 e. The number of nitrogens with zero attached hydrogens (tertiary/aromatic N) is 1. The fourth-order valence-electron chi connectivity index (χ4n) is 0.656. The summed E-state index contributed by atoms with van der Waals surface area (Å²) < 4.78 is 0. The van der Waals surface area contributed by atoms with E-state index in [2.05, 4.69) is 4.98 Å². The first-order valence-electron chi connectivity index (χ1n) is 3.46. The molecule has 0 aliphatic heterocycles. The second-order valence-electron chi connectivity index (χ2n) is 3.42. The fraction of sp³-hybridized carbons (Fsp3) is 0.500. The van der Waals surface area contributed by atoms with E-state index in [1.165, 1.54) is 11.3 Å². The van der Waals surface area contributed by atoms with Crippen molar-refractivity contribution in [1.29, 1.82) is 0 Å². The van der Waals surface area contributed by atoms with Crippen LogP contribution in [0.3, 0.4) is 0 Å². The van der Waals surface area contributed by atoms with Gasteiger partial charge >= 0.3 is 0 Å². The normalized spacial score (nSPS) is 11.5. The second-order valence-corrected chi connectivity index (χ2v) is 4.31. The van der Waals surface area contributed by atoms with Gasteiger partial charge in [-0.15, -0.1) is 11.3 Å². The number of ketones is 1. The lowest BCUT2D eigenvalue weighted by Gasteiger charge is -2.13. The molecule has 0 amide bonds. The van der Waals surface area contributed by atoms with E-state index < -0.39 is 0 Å². The van der Waals surface area contributed by atoms with Gasteiger partial charge in [0.05, 0.1) is 0 Å². The van der Waals surface area contributed by atoms with Crippen LogP contribution in [0.5, 0.6) is 0 Å². The maximum absolute atomic E-state index is 11.5. The van der Waals surface area contributed by atoms with Crippen LogP contribution in [0.15, 0.2) is 11.6 Å². The lowest BCUT2D eigenvalue weighted by molar-refractivity contribution is 0.0858. The molecule has 2 nitrogen and oxygen atoms in total. The first-order chi connectivity index (χ1) is 5.02. The fourth-order valence-corrected chi connectivity index (χ4v) is 1.44. The van der Waals surface area contributed by atoms with Crippen molar-refractivity contribution in [3.8, 4) is 0 Å². The number of carbonyl (C=O) groups excluding carboxylic acids is 1. The number of hydrogen-bond acceptors (Lipinski definition) is 3. The van der Waals surface area contributed by atoms with Crippen molar-refractivity contribution in [3.63, 3.8) is 0 Å². The van der Waals surface area contributed by atoms with Crippen LogP contribution in [0, 0.1) is 5.41 Å². The van der Waals surface area contributed by atoms with E-state index in [1.54, 1.807) is 6.20 Å². The molecule has 0 fully saturated rings. The van der Waals surface area contributed by atoms with Crippen molar-refractivity contribution in [2.24, 2.45) is 5.41 Å². The topological polar surface area (TPSA) is 30.0 Å². The molecule has 0 unspecified atom stereocenters. The number of aromatic nitrogens is 1. The van der Waals surface area contributed by atoms with Gasteiger partial charge < -0.3 is 0 Å². The zero-order valence-electron chi connectivity index (χ0n) is 6.92. The summed E-state index contributed by atoms with van der Waals surface area (Å²) in [5.74, 6) is 0.118. The van der Waals surface area contributed by atoms with E-state index in [0.717, 1.165) is 0 Å². The van der Waals surface area contributed by atoms with Gasteiger partial charge in [-0.05, 0) is 0 Å². The van der Waals surface area contributed by atoms with Gasteiger partial charge in [0, 0.05) is 17.0 Å². The molecule has 0 aliphatic carbocycles. The van der Waals surface area contributed by atoms with Gasteiger partial charge in [-0.2, -0.15) is 0 Å². The summed E-state index contributed by atoms with van der Waals surface area (Å²) in [5, 5.41) is 2.43. The minimum absolute atomic E-state index is 0.118. The number of carbonyl (C=O) groups is 1. The molecular formula is C8H11NOS. The first kappa shape index (κ1) is 8.40. The first-order valence-corrected chi connectivity index (χ1v) is 4.34. The molecule has 0 bridgehead atoms. The maximum atomic E-state index is 11.5. The molecule has 0 N–H and O–H groups in total. The van der Waals surface area contributed by atoms with Gasteiger partial charge in [-0.3, -0.25) is 4.79 Å². The van der Waals surface area contributed by atoms with Crippen molar-refractivity contribution in [3.05, 3.63) is 16.6 Å². The van der Waals surface area contributed by atoms with Crippen LogP contribution in [-0.2, 0) is 0 Å². The quantitative estimate of drug-likeness (QED) is 0.604. The van der Waals surface area contributed by atoms with Crippen LogP contribution >= 0.6 is 11.3 Å². The van der Waals surface area contributed by atoms with Crippen molar-refractivity contribution in [2.45, 2.75) is 20.8 Å². The van der Waals surface area contributed by atoms with E-state index in [4.69, 9.17) is 0 Å². The van der Waals surface area contributed by atoms with Crippen LogP contribution in [0.4, 0.5) is 0 Å². The van der Waals surface area contributed by atoms with Crippen LogP contribution < -0.4 is 0 Å². The predicted octanol–water partition coefficient (Wildman–Crippen LogP) is 2.37. The van der Waals surface area contributed by atoms with Crippen LogP contribution in [0.2, 0.25) is 0 Å². The molecule has 1 rings (SSSR count). The highest BCUT2D eigenvalue weighted by molar-refractivity contribution is 7.11. The van der Waals surface area contributed by atoms with Crippen LogP contribution in [0.1, 0.15) is 30.6 Å². The molecule has 0 saturated carbocycles. The Labute approximate surface area is 70.3 Å². The van der Waals surface area contributed by atoms with Crippen LogP contribution in [-0.4, -0.2) is 10.8 Å². The Morgan fingerprint density at radius 2 is 2.18 bits per heavy atom. The molecular weight excluding hydrogens is 158 g/mol. The smallest absolute Gasteiger partial charge is 0.196 e. The molecule has 1 aromatic heterocycles. The Balaban J connectivity index is 2.88. The molecule has 0 aromatic carbocycles. The van der Waals surface area contributed by atoms with Gasteiger partial charge in [0.1, 0.15) is 0 Å². The Hall–Kier alpha value is -0.700. The third-order valence-corrected chi connectivity index (χ3v) is 2.08. The van der Waals surface area contributed by atoms with Gasteiger partial charge in [0.2, 0.25) is 0 Å². The summed E-state index contributed by atoms with van der Waals surface area (Å²) in [6, 6.07) is 0. The van der Waals surface area contributed by atoms with Crippen molar-refractivity contribution in [1.82, 2.24) is 4.98 Å². The highest BCUT2D eigenvalue weighted by atomic mass is 32.1. The molecule has 60 valence electrons. The lowest BCUT2D eigenvalue weighted by Crippen LogP contribution is -2.19. The molecule has 11 heavy (non-hydrogen) atoms. The minimum atomic E-state index is -0.308. The van der Waals surface area contributed by atoms with Gasteiger partial charge in [-0.1, -0.05) is 20.8 Å². The van der Waals surface area contributed by atoms with E-state index in [-0.39, 0.29) is 11.2 Å². The van der Waals surface area contributed by atoms with Gasteiger partial charge in [0.25, 0.3) is 0 Å². The summed E-state index contributed by atoms with van der Waals surface area (Å²) >= 11 is 1.40. The average Bonchev–Trinajstić information content (AvgIpc) is 2.34. The third kappa shape index (κ3) is 1.87. The lowest BCUT2D eigenvalue weighted by atomic mass is 9.91. The zero-order chi connectivity index (χ0) is 8.48. The van der Waals surface area contributed by atoms with Gasteiger partial charge in [0.15, 0.2) is 10.8 Å². The number of Topliss-reactive ketones (excluding diaryl/α,β-unsaturated/α-hetero) is 1. The Morgan fingerprint density at radius 3 is 2.55 bits per heavy atom. The highest BCUT2D eigenvalue weighted by Crippen LogP contribution is 2.21. The van der Waals surface area contributed by atoms with E-state index in [0.29, 0.717) is 5.01 Å². The molecule has 0 atom stereocenters. The molecule has 3 heteroatoms. The summed E-state index contributed by atoms with van der Waals surface area (Å²) in [7, 11) is 0. The number of rotatable bonds is 1. The minimum Gasteiger partial charge on any atom is -0.291 e. The SMILES string of the molecule is CC(C)(C)C(=O)c1nccs1. The Morgan fingerprint density at radius 1 is 1.55 bits per heavy atom. The molecule has 0 aliphatic rings.